The SMILES string of the molecule is CC1CCC(NC(=O)c2cc3c(s2)CN(C2CC2)C3)CC1. The van der Waals surface area contributed by atoms with Gasteiger partial charge in [0, 0.05) is 30.1 Å². The van der Waals surface area contributed by atoms with Crippen LogP contribution in [0.3, 0.4) is 0 Å². The van der Waals surface area contributed by atoms with Gasteiger partial charge in [-0.05, 0) is 56.1 Å². The van der Waals surface area contributed by atoms with Crippen LogP contribution in [0.25, 0.3) is 0 Å². The fraction of sp³-hybridized carbons (Fsp3) is 0.706. The average Bonchev–Trinajstić information content (AvgIpc) is 3.12. The molecule has 2 fully saturated rings. The molecule has 0 radical (unpaired) electrons. The van der Waals surface area contributed by atoms with Crippen molar-refractivity contribution < 1.29 is 4.79 Å². The second-order valence-electron chi connectivity index (χ2n) is 7.13. The van der Waals surface area contributed by atoms with Crippen LogP contribution in [0.1, 0.15) is 65.6 Å². The zero-order chi connectivity index (χ0) is 14.4. The van der Waals surface area contributed by atoms with Crippen molar-refractivity contribution in [3.63, 3.8) is 0 Å². The first kappa shape index (κ1) is 13.8. The predicted molar refractivity (Wildman–Crippen MR) is 85.5 cm³/mol. The molecule has 2 heterocycles. The van der Waals surface area contributed by atoms with Gasteiger partial charge in [-0.3, -0.25) is 9.69 Å². The van der Waals surface area contributed by atoms with E-state index in [1.54, 1.807) is 11.3 Å². The highest BCUT2D eigenvalue weighted by Gasteiger charge is 2.34. The molecule has 1 N–H and O–H groups in total. The van der Waals surface area contributed by atoms with E-state index in [0.29, 0.717) is 6.04 Å². The summed E-state index contributed by atoms with van der Waals surface area (Å²) in [6.45, 7) is 4.44. The molecule has 4 heteroatoms. The van der Waals surface area contributed by atoms with Crippen LogP contribution < -0.4 is 5.32 Å². The van der Waals surface area contributed by atoms with E-state index in [-0.39, 0.29) is 5.91 Å². The molecular weight excluding hydrogens is 280 g/mol. The number of nitrogens with zero attached hydrogens (tertiary/aromatic N) is 1. The number of carbonyl (C=O) groups is 1. The van der Waals surface area contributed by atoms with Gasteiger partial charge < -0.3 is 5.32 Å². The third-order valence-electron chi connectivity index (χ3n) is 5.25. The number of hydrogen-bond donors (Lipinski definition) is 1. The lowest BCUT2D eigenvalue weighted by molar-refractivity contribution is 0.0927. The molecule has 2 saturated carbocycles. The molecule has 3 nitrogen and oxygen atoms in total. The number of thiophene rings is 1. The van der Waals surface area contributed by atoms with Gasteiger partial charge in [-0.1, -0.05) is 6.92 Å². The zero-order valence-corrected chi connectivity index (χ0v) is 13.5. The number of carbonyl (C=O) groups excluding carboxylic acids is 1. The van der Waals surface area contributed by atoms with Crippen molar-refractivity contribution in [3.8, 4) is 0 Å². The van der Waals surface area contributed by atoms with Crippen LogP contribution in [0.15, 0.2) is 6.07 Å². The van der Waals surface area contributed by atoms with Crippen molar-refractivity contribution >= 4 is 17.2 Å². The number of hydrogen-bond acceptors (Lipinski definition) is 3. The Kier molecular flexibility index (Phi) is 3.54. The fourth-order valence-corrected chi connectivity index (χ4v) is 4.77. The molecule has 0 unspecified atom stereocenters. The van der Waals surface area contributed by atoms with Gasteiger partial charge in [-0.2, -0.15) is 0 Å². The molecule has 21 heavy (non-hydrogen) atoms. The van der Waals surface area contributed by atoms with Gasteiger partial charge in [0.2, 0.25) is 0 Å². The quantitative estimate of drug-likeness (QED) is 0.926. The molecule has 3 aliphatic rings. The maximum absolute atomic E-state index is 12.4. The summed E-state index contributed by atoms with van der Waals surface area (Å²) in [6, 6.07) is 3.36. The van der Waals surface area contributed by atoms with E-state index in [2.05, 4.69) is 23.2 Å². The normalized spacial score (nSPS) is 29.4. The summed E-state index contributed by atoms with van der Waals surface area (Å²) in [5.41, 5.74) is 1.40. The van der Waals surface area contributed by atoms with Crippen LogP contribution in [0.5, 0.6) is 0 Å². The van der Waals surface area contributed by atoms with Crippen LogP contribution in [0.4, 0.5) is 0 Å². The molecule has 1 aromatic heterocycles. The van der Waals surface area contributed by atoms with Crippen molar-refractivity contribution in [2.75, 3.05) is 0 Å². The zero-order valence-electron chi connectivity index (χ0n) is 12.7. The van der Waals surface area contributed by atoms with Crippen LogP contribution >= 0.6 is 11.3 Å². The molecular formula is C17H24N2OS. The molecule has 0 spiro atoms. The van der Waals surface area contributed by atoms with E-state index < -0.39 is 0 Å². The lowest BCUT2D eigenvalue weighted by Crippen LogP contribution is -2.37. The standard InChI is InChI=1S/C17H24N2OS/c1-11-2-4-13(5-3-11)18-17(20)15-8-12-9-19(14-6-7-14)10-16(12)21-15/h8,11,13-14H,2-7,9-10H2,1H3,(H,18,20). The van der Waals surface area contributed by atoms with E-state index in [9.17, 15) is 4.79 Å². The van der Waals surface area contributed by atoms with Crippen molar-refractivity contribution in [2.45, 2.75) is 70.6 Å². The van der Waals surface area contributed by atoms with E-state index >= 15 is 0 Å². The Balaban J connectivity index is 1.36. The largest absolute Gasteiger partial charge is 0.349 e. The Morgan fingerprint density at radius 3 is 2.62 bits per heavy atom. The number of fused-ring (bicyclic) bond motifs is 1. The summed E-state index contributed by atoms with van der Waals surface area (Å²) in [6.07, 6.45) is 7.52. The van der Waals surface area contributed by atoms with Gasteiger partial charge >= 0.3 is 0 Å². The average molecular weight is 304 g/mol. The molecule has 4 rings (SSSR count). The Bertz CT molecular complexity index is 517. The summed E-state index contributed by atoms with van der Waals surface area (Å²) in [4.78, 5) is 17.3. The molecule has 1 aliphatic heterocycles. The summed E-state index contributed by atoms with van der Waals surface area (Å²) in [7, 11) is 0. The summed E-state index contributed by atoms with van der Waals surface area (Å²) in [5, 5.41) is 3.25. The lowest BCUT2D eigenvalue weighted by Gasteiger charge is -2.26. The first-order chi connectivity index (χ1) is 10.2. The Morgan fingerprint density at radius 2 is 1.95 bits per heavy atom. The molecule has 0 saturated heterocycles. The Morgan fingerprint density at radius 1 is 1.19 bits per heavy atom. The number of amides is 1. The monoisotopic (exact) mass is 304 g/mol. The minimum absolute atomic E-state index is 0.159. The van der Waals surface area contributed by atoms with Crippen molar-refractivity contribution in [1.82, 2.24) is 10.2 Å². The van der Waals surface area contributed by atoms with Crippen LogP contribution in [-0.2, 0) is 13.1 Å². The highest BCUT2D eigenvalue weighted by Crippen LogP contribution is 2.38. The van der Waals surface area contributed by atoms with E-state index in [4.69, 9.17) is 0 Å². The van der Waals surface area contributed by atoms with Gasteiger partial charge in [-0.15, -0.1) is 11.3 Å². The smallest absolute Gasteiger partial charge is 0.261 e. The maximum Gasteiger partial charge on any atom is 0.261 e. The predicted octanol–water partition coefficient (Wildman–Crippen LogP) is 3.53. The molecule has 1 amide bonds. The summed E-state index contributed by atoms with van der Waals surface area (Å²) < 4.78 is 0. The number of rotatable bonds is 3. The Labute approximate surface area is 130 Å². The third kappa shape index (κ3) is 2.88. The molecule has 0 atom stereocenters. The molecule has 0 bridgehead atoms. The molecule has 0 aromatic carbocycles. The molecule has 114 valence electrons. The second-order valence-corrected chi connectivity index (χ2v) is 8.26. The first-order valence-electron chi connectivity index (χ1n) is 8.35. The summed E-state index contributed by atoms with van der Waals surface area (Å²) in [5.74, 6) is 0.990. The Hall–Kier alpha value is -0.870. The molecule has 1 aromatic rings. The van der Waals surface area contributed by atoms with Gasteiger partial charge in [-0.25, -0.2) is 0 Å². The topological polar surface area (TPSA) is 32.3 Å². The van der Waals surface area contributed by atoms with Crippen molar-refractivity contribution in [3.05, 3.63) is 21.4 Å². The van der Waals surface area contributed by atoms with E-state index in [1.165, 1.54) is 36.1 Å². The third-order valence-corrected chi connectivity index (χ3v) is 6.42. The van der Waals surface area contributed by atoms with Crippen molar-refractivity contribution in [1.29, 1.82) is 0 Å². The number of nitrogens with one attached hydrogen (secondary N) is 1. The minimum atomic E-state index is 0.159. The van der Waals surface area contributed by atoms with Crippen LogP contribution in [0.2, 0.25) is 0 Å². The highest BCUT2D eigenvalue weighted by atomic mass is 32.1. The highest BCUT2D eigenvalue weighted by molar-refractivity contribution is 7.14. The maximum atomic E-state index is 12.4. The minimum Gasteiger partial charge on any atom is -0.349 e. The summed E-state index contributed by atoms with van der Waals surface area (Å²) >= 11 is 1.71. The van der Waals surface area contributed by atoms with E-state index in [0.717, 1.165) is 42.8 Å². The lowest BCUT2D eigenvalue weighted by atomic mass is 9.87. The van der Waals surface area contributed by atoms with Crippen LogP contribution in [-0.4, -0.2) is 22.9 Å². The fourth-order valence-electron chi connectivity index (χ4n) is 3.66. The second kappa shape index (κ2) is 5.40. The van der Waals surface area contributed by atoms with Crippen molar-refractivity contribution in [2.24, 2.45) is 5.92 Å². The van der Waals surface area contributed by atoms with Gasteiger partial charge in [0.15, 0.2) is 0 Å². The van der Waals surface area contributed by atoms with Gasteiger partial charge in [0.1, 0.15) is 0 Å². The van der Waals surface area contributed by atoms with Gasteiger partial charge in [0.05, 0.1) is 4.88 Å². The van der Waals surface area contributed by atoms with Crippen LogP contribution in [0, 0.1) is 5.92 Å². The van der Waals surface area contributed by atoms with Gasteiger partial charge in [0.25, 0.3) is 5.91 Å². The molecule has 2 aliphatic carbocycles. The first-order valence-corrected chi connectivity index (χ1v) is 9.17. The van der Waals surface area contributed by atoms with E-state index in [1.807, 2.05) is 0 Å².